The molecule has 0 saturated heterocycles. The monoisotopic (exact) mass is 378 g/mol. The molecule has 0 atom stereocenters. The second kappa shape index (κ2) is 6.61. The van der Waals surface area contributed by atoms with Crippen molar-refractivity contribution in [1.82, 2.24) is 4.98 Å². The molecule has 0 saturated carbocycles. The fourth-order valence-corrected chi connectivity index (χ4v) is 2.26. The summed E-state index contributed by atoms with van der Waals surface area (Å²) in [4.78, 5) is 4.19. The number of benzene rings is 1. The van der Waals surface area contributed by atoms with Crippen molar-refractivity contribution in [3.8, 4) is 11.6 Å². The van der Waals surface area contributed by atoms with Gasteiger partial charge in [-0.1, -0.05) is 23.2 Å². The van der Waals surface area contributed by atoms with Gasteiger partial charge in [0.05, 0.1) is 9.50 Å². The quantitative estimate of drug-likeness (QED) is 0.759. The lowest BCUT2D eigenvalue weighted by Gasteiger charge is -2.11. The van der Waals surface area contributed by atoms with Gasteiger partial charge in [0.25, 0.3) is 0 Å². The van der Waals surface area contributed by atoms with E-state index < -0.39 is 5.82 Å². The zero-order chi connectivity index (χ0) is 14.7. The predicted octanol–water partition coefficient (Wildman–Crippen LogP) is 5.51. The molecule has 2 aromatic rings. The molecular formula is C13H10BrCl2FN2O. The average molecular weight is 380 g/mol. The van der Waals surface area contributed by atoms with Gasteiger partial charge in [-0.2, -0.15) is 4.98 Å². The van der Waals surface area contributed by atoms with Gasteiger partial charge in [-0.3, -0.25) is 0 Å². The normalized spacial score (nSPS) is 10.4. The van der Waals surface area contributed by atoms with Crippen LogP contribution >= 0.6 is 39.1 Å². The van der Waals surface area contributed by atoms with Crippen LogP contribution in [0, 0.1) is 5.82 Å². The van der Waals surface area contributed by atoms with Gasteiger partial charge in [-0.05, 0) is 41.1 Å². The van der Waals surface area contributed by atoms with Gasteiger partial charge in [-0.25, -0.2) is 4.39 Å². The highest BCUT2D eigenvalue weighted by Gasteiger charge is 2.13. The van der Waals surface area contributed by atoms with Gasteiger partial charge in [0.2, 0.25) is 5.88 Å². The van der Waals surface area contributed by atoms with Crippen molar-refractivity contribution in [3.05, 3.63) is 44.6 Å². The fraction of sp³-hybridized carbons (Fsp3) is 0.154. The number of aromatic nitrogens is 1. The summed E-state index contributed by atoms with van der Waals surface area (Å²) in [7, 11) is 0. The van der Waals surface area contributed by atoms with Crippen LogP contribution in [-0.2, 0) is 0 Å². The zero-order valence-electron chi connectivity index (χ0n) is 10.4. The first-order valence-corrected chi connectivity index (χ1v) is 7.29. The van der Waals surface area contributed by atoms with E-state index in [1.807, 2.05) is 6.92 Å². The lowest BCUT2D eigenvalue weighted by molar-refractivity contribution is 0.456. The number of halogens is 4. The molecule has 2 rings (SSSR count). The number of rotatable bonds is 4. The molecule has 1 aromatic heterocycles. The van der Waals surface area contributed by atoms with Crippen molar-refractivity contribution >= 4 is 44.9 Å². The van der Waals surface area contributed by atoms with E-state index in [0.29, 0.717) is 21.9 Å². The number of ether oxygens (including phenoxy) is 1. The van der Waals surface area contributed by atoms with E-state index in [1.54, 1.807) is 6.07 Å². The van der Waals surface area contributed by atoms with Gasteiger partial charge in [0, 0.05) is 12.6 Å². The minimum Gasteiger partial charge on any atom is -0.436 e. The number of nitrogens with zero attached hydrogens (tertiary/aromatic N) is 1. The van der Waals surface area contributed by atoms with Gasteiger partial charge < -0.3 is 10.1 Å². The molecule has 0 spiro atoms. The van der Waals surface area contributed by atoms with Crippen LogP contribution in [0.4, 0.5) is 10.2 Å². The van der Waals surface area contributed by atoms with E-state index in [-0.39, 0.29) is 16.7 Å². The maximum absolute atomic E-state index is 13.2. The minimum atomic E-state index is -0.416. The molecule has 0 radical (unpaired) electrons. The highest BCUT2D eigenvalue weighted by molar-refractivity contribution is 9.10. The highest BCUT2D eigenvalue weighted by atomic mass is 79.9. The van der Waals surface area contributed by atoms with Crippen LogP contribution < -0.4 is 10.1 Å². The molecule has 7 heteroatoms. The average Bonchev–Trinajstić information content (AvgIpc) is 2.39. The van der Waals surface area contributed by atoms with Gasteiger partial charge in [0.1, 0.15) is 22.4 Å². The van der Waals surface area contributed by atoms with E-state index in [9.17, 15) is 4.39 Å². The Kier molecular flexibility index (Phi) is 5.07. The maximum atomic E-state index is 13.2. The Morgan fingerprint density at radius 1 is 1.30 bits per heavy atom. The first-order chi connectivity index (χ1) is 9.51. The molecule has 106 valence electrons. The Bertz CT molecular complexity index is 640. The van der Waals surface area contributed by atoms with Gasteiger partial charge in [-0.15, -0.1) is 0 Å². The van der Waals surface area contributed by atoms with E-state index in [1.165, 1.54) is 18.2 Å². The predicted molar refractivity (Wildman–Crippen MR) is 82.6 cm³/mol. The SMILES string of the molecule is CCNc1nc(Oc2cc(F)ccc2Br)c(Cl)cc1Cl. The van der Waals surface area contributed by atoms with Gasteiger partial charge in [0.15, 0.2) is 0 Å². The number of nitrogens with one attached hydrogen (secondary N) is 1. The van der Waals surface area contributed by atoms with Crippen molar-refractivity contribution in [2.24, 2.45) is 0 Å². The standard InChI is InChI=1S/C13H10BrCl2FN2O/c1-2-18-12-9(15)6-10(16)13(19-12)20-11-5-7(17)3-4-8(11)14/h3-6H,2H2,1H3,(H,18,19). The Balaban J connectivity index is 2.37. The second-order valence-corrected chi connectivity index (χ2v) is 5.48. The topological polar surface area (TPSA) is 34.2 Å². The lowest BCUT2D eigenvalue weighted by Crippen LogP contribution is -2.01. The Labute approximate surface area is 134 Å². The van der Waals surface area contributed by atoms with Crippen molar-refractivity contribution in [2.75, 3.05) is 11.9 Å². The maximum Gasteiger partial charge on any atom is 0.240 e. The Morgan fingerprint density at radius 2 is 2.05 bits per heavy atom. The first kappa shape index (κ1) is 15.4. The molecule has 1 heterocycles. The minimum absolute atomic E-state index is 0.151. The molecule has 0 unspecified atom stereocenters. The van der Waals surface area contributed by atoms with Crippen LogP contribution in [0.2, 0.25) is 10.0 Å². The zero-order valence-corrected chi connectivity index (χ0v) is 13.5. The third-order valence-corrected chi connectivity index (χ3v) is 3.56. The highest BCUT2D eigenvalue weighted by Crippen LogP contribution is 2.36. The van der Waals surface area contributed by atoms with Crippen LogP contribution in [0.1, 0.15) is 6.92 Å². The van der Waals surface area contributed by atoms with E-state index in [4.69, 9.17) is 27.9 Å². The molecule has 1 N–H and O–H groups in total. The first-order valence-electron chi connectivity index (χ1n) is 5.74. The smallest absolute Gasteiger partial charge is 0.240 e. The van der Waals surface area contributed by atoms with Crippen molar-refractivity contribution in [1.29, 1.82) is 0 Å². The van der Waals surface area contributed by atoms with Crippen LogP contribution in [0.15, 0.2) is 28.7 Å². The van der Waals surface area contributed by atoms with Crippen LogP contribution in [0.3, 0.4) is 0 Å². The van der Waals surface area contributed by atoms with Crippen molar-refractivity contribution in [3.63, 3.8) is 0 Å². The fourth-order valence-electron chi connectivity index (χ4n) is 1.47. The molecule has 0 aliphatic rings. The van der Waals surface area contributed by atoms with Gasteiger partial charge >= 0.3 is 0 Å². The van der Waals surface area contributed by atoms with Crippen molar-refractivity contribution in [2.45, 2.75) is 6.92 Å². The summed E-state index contributed by atoms with van der Waals surface area (Å²) in [5, 5.41) is 3.62. The summed E-state index contributed by atoms with van der Waals surface area (Å²) in [6.07, 6.45) is 0. The molecule has 0 fully saturated rings. The molecule has 0 aliphatic carbocycles. The van der Waals surface area contributed by atoms with E-state index >= 15 is 0 Å². The summed E-state index contributed by atoms with van der Waals surface area (Å²) in [6, 6.07) is 5.62. The lowest BCUT2D eigenvalue weighted by atomic mass is 10.3. The Morgan fingerprint density at radius 3 is 2.75 bits per heavy atom. The van der Waals surface area contributed by atoms with E-state index in [2.05, 4.69) is 26.2 Å². The van der Waals surface area contributed by atoms with Crippen LogP contribution in [0.5, 0.6) is 11.6 Å². The summed E-state index contributed by atoms with van der Waals surface area (Å²) in [5.74, 6) is 0.476. The summed E-state index contributed by atoms with van der Waals surface area (Å²) in [5.41, 5.74) is 0. The number of anilines is 1. The molecule has 0 bridgehead atoms. The molecule has 3 nitrogen and oxygen atoms in total. The van der Waals surface area contributed by atoms with E-state index in [0.717, 1.165) is 0 Å². The summed E-state index contributed by atoms with van der Waals surface area (Å²) < 4.78 is 19.4. The number of hydrogen-bond donors (Lipinski definition) is 1. The molecule has 0 amide bonds. The number of hydrogen-bond acceptors (Lipinski definition) is 3. The summed E-state index contributed by atoms with van der Waals surface area (Å²) in [6.45, 7) is 2.56. The largest absolute Gasteiger partial charge is 0.436 e. The summed E-state index contributed by atoms with van der Waals surface area (Å²) >= 11 is 15.3. The molecule has 0 aliphatic heterocycles. The van der Waals surface area contributed by atoms with Crippen LogP contribution in [0.25, 0.3) is 0 Å². The third-order valence-electron chi connectivity index (χ3n) is 2.34. The second-order valence-electron chi connectivity index (χ2n) is 3.81. The molecule has 20 heavy (non-hydrogen) atoms. The Hall–Kier alpha value is -1.04. The molecular weight excluding hydrogens is 370 g/mol. The van der Waals surface area contributed by atoms with Crippen molar-refractivity contribution < 1.29 is 9.13 Å². The number of pyridine rings is 1. The van der Waals surface area contributed by atoms with Crippen LogP contribution in [-0.4, -0.2) is 11.5 Å². The third kappa shape index (κ3) is 3.53. The molecule has 1 aromatic carbocycles.